The van der Waals surface area contributed by atoms with Crippen LogP contribution in [0.25, 0.3) is 6.08 Å². The maximum atomic E-state index is 2.47. The Morgan fingerprint density at radius 1 is 0.750 bits per heavy atom. The summed E-state index contributed by atoms with van der Waals surface area (Å²) in [6.45, 7) is 4.70. The van der Waals surface area contributed by atoms with E-state index in [0.29, 0.717) is 0 Å². The van der Waals surface area contributed by atoms with Gasteiger partial charge in [-0.15, -0.1) is 0 Å². The second-order valence-corrected chi connectivity index (χ2v) is 7.09. The largest absolute Gasteiger partial charge is 0.306 e. The van der Waals surface area contributed by atoms with Gasteiger partial charge in [0.05, 0.1) is 0 Å². The van der Waals surface area contributed by atoms with Gasteiger partial charge in [0.25, 0.3) is 0 Å². The molecule has 1 rings (SSSR count). The third-order valence-electron chi connectivity index (χ3n) is 4.68. The van der Waals surface area contributed by atoms with Gasteiger partial charge in [-0.2, -0.15) is 0 Å². The number of nitrogens with zero attached hydrogens (tertiary/aromatic N) is 1. The van der Waals surface area contributed by atoms with Crippen molar-refractivity contribution in [1.82, 2.24) is 4.90 Å². The van der Waals surface area contributed by atoms with E-state index in [9.17, 15) is 0 Å². The van der Waals surface area contributed by atoms with Crippen molar-refractivity contribution in [1.29, 1.82) is 0 Å². The Balaban J connectivity index is 1.88. The lowest BCUT2D eigenvalue weighted by atomic mass is 10.1. The molecule has 0 unspecified atom stereocenters. The van der Waals surface area contributed by atoms with E-state index in [-0.39, 0.29) is 0 Å². The van der Waals surface area contributed by atoms with Gasteiger partial charge < -0.3 is 4.90 Å². The SMILES string of the molecule is CCCCCCCCCCCCN(C)CCC=Cc1ccccc1. The quantitative estimate of drug-likeness (QED) is 0.315. The summed E-state index contributed by atoms with van der Waals surface area (Å²) in [5.74, 6) is 0. The van der Waals surface area contributed by atoms with E-state index in [1.165, 1.54) is 82.9 Å². The molecule has 0 radical (unpaired) electrons. The van der Waals surface area contributed by atoms with Crippen LogP contribution >= 0.6 is 0 Å². The van der Waals surface area contributed by atoms with Crippen LogP contribution in [0.1, 0.15) is 83.1 Å². The number of hydrogen-bond acceptors (Lipinski definition) is 1. The van der Waals surface area contributed by atoms with Gasteiger partial charge >= 0.3 is 0 Å². The topological polar surface area (TPSA) is 3.24 Å². The Hall–Kier alpha value is -1.08. The molecule has 1 heteroatoms. The molecule has 136 valence electrons. The van der Waals surface area contributed by atoms with E-state index >= 15 is 0 Å². The fourth-order valence-electron chi connectivity index (χ4n) is 3.06. The predicted octanol–water partition coefficient (Wildman–Crippen LogP) is 6.94. The minimum absolute atomic E-state index is 1.14. The molecule has 0 bridgehead atoms. The van der Waals surface area contributed by atoms with Crippen molar-refractivity contribution in [2.75, 3.05) is 20.1 Å². The molecule has 0 aromatic heterocycles. The van der Waals surface area contributed by atoms with Crippen LogP contribution in [-0.4, -0.2) is 25.0 Å². The van der Waals surface area contributed by atoms with Gasteiger partial charge in [0, 0.05) is 6.54 Å². The Bertz CT molecular complexity index is 396. The predicted molar refractivity (Wildman–Crippen MR) is 109 cm³/mol. The van der Waals surface area contributed by atoms with Gasteiger partial charge in [-0.25, -0.2) is 0 Å². The zero-order valence-electron chi connectivity index (χ0n) is 16.2. The first-order chi connectivity index (χ1) is 11.8. The highest BCUT2D eigenvalue weighted by molar-refractivity contribution is 5.48. The molecule has 1 aromatic carbocycles. The molecule has 1 nitrogen and oxygen atoms in total. The van der Waals surface area contributed by atoms with Crippen molar-refractivity contribution in [3.63, 3.8) is 0 Å². The number of hydrogen-bond donors (Lipinski definition) is 0. The monoisotopic (exact) mass is 329 g/mol. The van der Waals surface area contributed by atoms with E-state index < -0.39 is 0 Å². The lowest BCUT2D eigenvalue weighted by Gasteiger charge is -2.15. The third-order valence-corrected chi connectivity index (χ3v) is 4.68. The first-order valence-corrected chi connectivity index (χ1v) is 10.2. The smallest absolute Gasteiger partial charge is 0.00130 e. The highest BCUT2D eigenvalue weighted by atomic mass is 15.1. The molecule has 1 aromatic rings. The molecular weight excluding hydrogens is 290 g/mol. The van der Waals surface area contributed by atoms with Crippen molar-refractivity contribution in [2.24, 2.45) is 0 Å². The van der Waals surface area contributed by atoms with Gasteiger partial charge in [0.1, 0.15) is 0 Å². The Morgan fingerprint density at radius 3 is 1.96 bits per heavy atom. The number of rotatable bonds is 15. The Morgan fingerprint density at radius 2 is 1.33 bits per heavy atom. The molecule has 0 aliphatic heterocycles. The molecule has 0 N–H and O–H groups in total. The van der Waals surface area contributed by atoms with Crippen molar-refractivity contribution >= 4 is 6.08 Å². The van der Waals surface area contributed by atoms with Crippen LogP contribution in [0, 0.1) is 0 Å². The summed E-state index contributed by atoms with van der Waals surface area (Å²) in [4.78, 5) is 2.47. The van der Waals surface area contributed by atoms with Gasteiger partial charge in [-0.1, -0.05) is 107 Å². The average Bonchev–Trinajstić information content (AvgIpc) is 2.61. The number of benzene rings is 1. The molecule has 24 heavy (non-hydrogen) atoms. The van der Waals surface area contributed by atoms with Crippen LogP contribution in [0.5, 0.6) is 0 Å². The average molecular weight is 330 g/mol. The maximum absolute atomic E-state index is 2.47. The normalized spacial score (nSPS) is 11.6. The zero-order valence-corrected chi connectivity index (χ0v) is 16.2. The summed E-state index contributed by atoms with van der Waals surface area (Å²) in [6.07, 6.45) is 19.9. The minimum atomic E-state index is 1.14. The molecule has 0 spiro atoms. The molecule has 0 atom stereocenters. The van der Waals surface area contributed by atoms with Crippen LogP contribution in [-0.2, 0) is 0 Å². The van der Waals surface area contributed by atoms with Crippen LogP contribution in [0.3, 0.4) is 0 Å². The van der Waals surface area contributed by atoms with Gasteiger partial charge in [-0.3, -0.25) is 0 Å². The molecule has 0 saturated heterocycles. The van der Waals surface area contributed by atoms with Crippen molar-refractivity contribution < 1.29 is 0 Å². The van der Waals surface area contributed by atoms with Gasteiger partial charge in [0.2, 0.25) is 0 Å². The van der Waals surface area contributed by atoms with Crippen molar-refractivity contribution in [3.8, 4) is 0 Å². The van der Waals surface area contributed by atoms with Crippen LogP contribution < -0.4 is 0 Å². The molecular formula is C23H39N. The summed E-state index contributed by atoms with van der Waals surface area (Å²) >= 11 is 0. The lowest BCUT2D eigenvalue weighted by molar-refractivity contribution is 0.329. The molecule has 0 aliphatic carbocycles. The van der Waals surface area contributed by atoms with Crippen LogP contribution in [0.2, 0.25) is 0 Å². The van der Waals surface area contributed by atoms with Crippen LogP contribution in [0.15, 0.2) is 36.4 Å². The summed E-state index contributed by atoms with van der Waals surface area (Å²) < 4.78 is 0. The molecule has 0 amide bonds. The van der Waals surface area contributed by atoms with Crippen molar-refractivity contribution in [2.45, 2.75) is 77.6 Å². The Kier molecular flexibility index (Phi) is 13.5. The summed E-state index contributed by atoms with van der Waals surface area (Å²) in [7, 11) is 2.25. The first-order valence-electron chi connectivity index (χ1n) is 10.2. The fraction of sp³-hybridized carbons (Fsp3) is 0.652. The summed E-state index contributed by atoms with van der Waals surface area (Å²) in [5, 5.41) is 0. The van der Waals surface area contributed by atoms with Gasteiger partial charge in [0.15, 0.2) is 0 Å². The highest BCUT2D eigenvalue weighted by Gasteiger charge is 1.97. The fourth-order valence-corrected chi connectivity index (χ4v) is 3.06. The highest BCUT2D eigenvalue weighted by Crippen LogP contribution is 2.10. The van der Waals surface area contributed by atoms with E-state index in [1.807, 2.05) is 0 Å². The summed E-state index contributed by atoms with van der Waals surface area (Å²) in [6, 6.07) is 10.6. The third kappa shape index (κ3) is 12.4. The zero-order chi connectivity index (χ0) is 17.3. The summed E-state index contributed by atoms with van der Waals surface area (Å²) in [5.41, 5.74) is 1.30. The first kappa shape index (κ1) is 21.0. The molecule has 0 saturated carbocycles. The maximum Gasteiger partial charge on any atom is 0.00130 e. The van der Waals surface area contributed by atoms with E-state index in [1.54, 1.807) is 0 Å². The second-order valence-electron chi connectivity index (χ2n) is 7.09. The van der Waals surface area contributed by atoms with E-state index in [0.717, 1.165) is 6.42 Å². The second kappa shape index (κ2) is 15.4. The Labute approximate surface area is 151 Å². The minimum Gasteiger partial charge on any atom is -0.306 e. The van der Waals surface area contributed by atoms with E-state index in [4.69, 9.17) is 0 Å². The number of unbranched alkanes of at least 4 members (excludes halogenated alkanes) is 9. The standard InChI is InChI=1S/C23H39N/c1-3-4-5-6-7-8-9-10-11-16-21-24(2)22-17-15-20-23-18-13-12-14-19-23/h12-15,18-20H,3-11,16-17,21-22H2,1-2H3. The van der Waals surface area contributed by atoms with E-state index in [2.05, 4.69) is 61.4 Å². The van der Waals surface area contributed by atoms with Crippen LogP contribution in [0.4, 0.5) is 0 Å². The molecule has 0 fully saturated rings. The molecule has 0 heterocycles. The molecule has 0 aliphatic rings. The van der Waals surface area contributed by atoms with Crippen molar-refractivity contribution in [3.05, 3.63) is 42.0 Å². The lowest BCUT2D eigenvalue weighted by Crippen LogP contribution is -2.20. The van der Waals surface area contributed by atoms with Gasteiger partial charge in [-0.05, 0) is 32.0 Å².